The average Bonchev–Trinajstić information content (AvgIpc) is 3.04. The van der Waals surface area contributed by atoms with Crippen molar-refractivity contribution in [1.29, 1.82) is 0 Å². The molecule has 0 bridgehead atoms. The van der Waals surface area contributed by atoms with Gasteiger partial charge in [0.05, 0.1) is 39.9 Å². The summed E-state index contributed by atoms with van der Waals surface area (Å²) >= 11 is 0. The third-order valence-corrected chi connectivity index (χ3v) is 9.23. The summed E-state index contributed by atoms with van der Waals surface area (Å²) in [5.74, 6) is -0.226. The van der Waals surface area contributed by atoms with Crippen LogP contribution in [0.15, 0.2) is 48.6 Å². The number of hydrogen-bond acceptors (Lipinski definition) is 6. The zero-order valence-corrected chi connectivity index (χ0v) is 33.0. The number of rotatable bonds is 34. The normalized spacial score (nSPS) is 15.2. The van der Waals surface area contributed by atoms with Gasteiger partial charge in [0.2, 0.25) is 5.91 Å². The van der Waals surface area contributed by atoms with Gasteiger partial charge < -0.3 is 28.8 Å². The molecule has 0 fully saturated rings. The Morgan fingerprint density at radius 2 is 1.20 bits per heavy atom. The summed E-state index contributed by atoms with van der Waals surface area (Å²) < 4.78 is 23.1. The van der Waals surface area contributed by atoms with Gasteiger partial charge in [-0.2, -0.15) is 0 Å². The Balaban J connectivity index is 4.60. The van der Waals surface area contributed by atoms with E-state index in [-0.39, 0.29) is 12.5 Å². The Labute approximate surface area is 301 Å². The van der Waals surface area contributed by atoms with E-state index < -0.39 is 26.6 Å². The van der Waals surface area contributed by atoms with E-state index in [1.807, 2.05) is 27.2 Å². The number of carbonyl (C=O) groups excluding carboxylic acids is 1. The van der Waals surface area contributed by atoms with Gasteiger partial charge >= 0.3 is 0 Å². The van der Waals surface area contributed by atoms with Gasteiger partial charge in [0.25, 0.3) is 7.82 Å². The van der Waals surface area contributed by atoms with E-state index in [9.17, 15) is 19.4 Å². The molecule has 2 N–H and O–H groups in total. The molecule has 0 rings (SSSR count). The fourth-order valence-electron chi connectivity index (χ4n) is 5.08. The Bertz CT molecular complexity index is 944. The van der Waals surface area contributed by atoms with Gasteiger partial charge in [-0.25, -0.2) is 0 Å². The minimum Gasteiger partial charge on any atom is -0.756 e. The standard InChI is InChI=1S/C40H75N2O6P/c1-6-8-10-12-14-16-18-20-21-22-24-26-28-30-32-34-40(44)41-38(37-48-49(45,46)47-36-35-42(3,4)5)39(43)33-31-29-27-25-23-19-17-15-13-11-9-7-2/h14,16,20-21,23,25,31,33,38-39,43H,6-13,15,17-19,22,24,26-30,32,34-37H2,1-5H3,(H-,41,44,45,46)/b16-14+,21-20+,25-23+,33-31+/t38-,39+/m0/s1. The van der Waals surface area contributed by atoms with Crippen LogP contribution in [0.5, 0.6) is 0 Å². The Kier molecular flexibility index (Phi) is 31.4. The third kappa shape index (κ3) is 34.7. The van der Waals surface area contributed by atoms with E-state index in [4.69, 9.17) is 9.05 Å². The summed E-state index contributed by atoms with van der Waals surface area (Å²) in [5.41, 5.74) is 0. The first-order valence-electron chi connectivity index (χ1n) is 19.5. The summed E-state index contributed by atoms with van der Waals surface area (Å²) in [6.07, 6.45) is 38.7. The molecule has 0 aromatic heterocycles. The van der Waals surface area contributed by atoms with Gasteiger partial charge in [-0.1, -0.05) is 127 Å². The first kappa shape index (κ1) is 47.5. The quantitative estimate of drug-likeness (QED) is 0.0298. The summed E-state index contributed by atoms with van der Waals surface area (Å²) in [6, 6.07) is -0.908. The van der Waals surface area contributed by atoms with Crippen LogP contribution in [0.25, 0.3) is 0 Å². The van der Waals surface area contributed by atoms with Gasteiger partial charge in [-0.3, -0.25) is 9.36 Å². The van der Waals surface area contributed by atoms with Crippen molar-refractivity contribution in [3.05, 3.63) is 48.6 Å². The smallest absolute Gasteiger partial charge is 0.268 e. The molecule has 0 radical (unpaired) electrons. The number of allylic oxidation sites excluding steroid dienone is 7. The van der Waals surface area contributed by atoms with Gasteiger partial charge in [0.1, 0.15) is 13.2 Å². The lowest BCUT2D eigenvalue weighted by Gasteiger charge is -2.29. The number of quaternary nitrogens is 1. The maximum atomic E-state index is 12.8. The molecule has 1 amide bonds. The third-order valence-electron chi connectivity index (χ3n) is 8.26. The Morgan fingerprint density at radius 3 is 1.82 bits per heavy atom. The summed E-state index contributed by atoms with van der Waals surface area (Å²) in [6.45, 7) is 4.54. The van der Waals surface area contributed by atoms with E-state index in [1.54, 1.807) is 6.08 Å². The minimum absolute atomic E-state index is 0.0110. The highest BCUT2D eigenvalue weighted by molar-refractivity contribution is 7.45. The fraction of sp³-hybridized carbons (Fsp3) is 0.775. The van der Waals surface area contributed by atoms with Crippen molar-refractivity contribution < 1.29 is 32.9 Å². The van der Waals surface area contributed by atoms with Crippen LogP contribution < -0.4 is 10.2 Å². The number of carbonyl (C=O) groups is 1. The molecule has 0 saturated heterocycles. The molecule has 0 heterocycles. The van der Waals surface area contributed by atoms with Gasteiger partial charge in [-0.15, -0.1) is 0 Å². The molecule has 0 saturated carbocycles. The number of likely N-dealkylation sites (N-methyl/N-ethyl adjacent to an activating group) is 1. The van der Waals surface area contributed by atoms with E-state index in [0.29, 0.717) is 17.4 Å². The highest BCUT2D eigenvalue weighted by atomic mass is 31.2. The minimum atomic E-state index is -4.59. The van der Waals surface area contributed by atoms with Crippen molar-refractivity contribution in [3.8, 4) is 0 Å². The van der Waals surface area contributed by atoms with Crippen molar-refractivity contribution in [2.75, 3.05) is 40.9 Å². The van der Waals surface area contributed by atoms with Crippen LogP contribution in [0.2, 0.25) is 0 Å². The van der Waals surface area contributed by atoms with Crippen molar-refractivity contribution in [3.63, 3.8) is 0 Å². The van der Waals surface area contributed by atoms with Crippen molar-refractivity contribution >= 4 is 13.7 Å². The second kappa shape index (κ2) is 32.4. The zero-order valence-electron chi connectivity index (χ0n) is 32.1. The molecule has 9 heteroatoms. The number of nitrogens with one attached hydrogen (secondary N) is 1. The molecule has 0 aromatic carbocycles. The van der Waals surface area contributed by atoms with Gasteiger partial charge in [-0.05, 0) is 64.2 Å². The summed E-state index contributed by atoms with van der Waals surface area (Å²) in [7, 11) is 1.22. The molecular weight excluding hydrogens is 635 g/mol. The molecule has 49 heavy (non-hydrogen) atoms. The van der Waals surface area contributed by atoms with Crippen LogP contribution in [0.4, 0.5) is 0 Å². The molecule has 0 aromatic rings. The van der Waals surface area contributed by atoms with E-state index >= 15 is 0 Å². The molecular formula is C40H75N2O6P. The average molecular weight is 711 g/mol. The number of unbranched alkanes of at least 4 members (excludes halogenated alkanes) is 15. The monoisotopic (exact) mass is 711 g/mol. The SMILES string of the molecule is CCCCC/C=C/C/C=C/CCCCCCCC(=O)N[C@@H](COP(=O)([O-])OCC[N+](C)(C)C)[C@H](O)/C=C/CC/C=C/CCCCCCCC. The first-order valence-corrected chi connectivity index (χ1v) is 21.0. The maximum absolute atomic E-state index is 12.8. The number of phosphoric acid groups is 1. The van der Waals surface area contributed by atoms with Crippen LogP contribution >= 0.6 is 7.82 Å². The number of aliphatic hydroxyl groups excluding tert-OH is 1. The first-order chi connectivity index (χ1) is 23.5. The zero-order chi connectivity index (χ0) is 36.5. The highest BCUT2D eigenvalue weighted by Crippen LogP contribution is 2.38. The molecule has 286 valence electrons. The van der Waals surface area contributed by atoms with Crippen LogP contribution in [-0.4, -0.2) is 68.5 Å². The van der Waals surface area contributed by atoms with Crippen molar-refractivity contribution in [2.45, 2.75) is 161 Å². The topological polar surface area (TPSA) is 108 Å². The fourth-order valence-corrected chi connectivity index (χ4v) is 5.80. The lowest BCUT2D eigenvalue weighted by molar-refractivity contribution is -0.870. The number of aliphatic hydroxyl groups is 1. The molecule has 0 aliphatic heterocycles. The van der Waals surface area contributed by atoms with E-state index in [1.165, 1.54) is 64.2 Å². The Morgan fingerprint density at radius 1 is 0.714 bits per heavy atom. The van der Waals surface area contributed by atoms with Crippen molar-refractivity contribution in [1.82, 2.24) is 5.32 Å². The molecule has 8 nitrogen and oxygen atoms in total. The highest BCUT2D eigenvalue weighted by Gasteiger charge is 2.23. The molecule has 1 unspecified atom stereocenters. The number of hydrogen-bond donors (Lipinski definition) is 2. The molecule has 0 spiro atoms. The molecule has 0 aliphatic rings. The summed E-state index contributed by atoms with van der Waals surface area (Å²) in [4.78, 5) is 25.1. The van der Waals surface area contributed by atoms with Crippen LogP contribution in [0.1, 0.15) is 149 Å². The second-order valence-electron chi connectivity index (χ2n) is 14.3. The predicted molar refractivity (Wildman–Crippen MR) is 205 cm³/mol. The van der Waals surface area contributed by atoms with Crippen LogP contribution in [0.3, 0.4) is 0 Å². The largest absolute Gasteiger partial charge is 0.756 e. The van der Waals surface area contributed by atoms with Gasteiger partial charge in [0, 0.05) is 6.42 Å². The lowest BCUT2D eigenvalue weighted by Crippen LogP contribution is -2.45. The van der Waals surface area contributed by atoms with E-state index in [2.05, 4.69) is 55.6 Å². The number of phosphoric ester groups is 1. The summed E-state index contributed by atoms with van der Waals surface area (Å²) in [5, 5.41) is 13.7. The van der Waals surface area contributed by atoms with Crippen LogP contribution in [-0.2, 0) is 18.4 Å². The number of nitrogens with zero attached hydrogens (tertiary/aromatic N) is 1. The lowest BCUT2D eigenvalue weighted by atomic mass is 10.1. The van der Waals surface area contributed by atoms with Crippen LogP contribution in [0, 0.1) is 0 Å². The second-order valence-corrected chi connectivity index (χ2v) is 15.7. The van der Waals surface area contributed by atoms with E-state index in [0.717, 1.165) is 64.2 Å². The Hall–Kier alpha value is -1.54. The number of amides is 1. The van der Waals surface area contributed by atoms with Gasteiger partial charge in [0.15, 0.2) is 0 Å². The predicted octanol–water partition coefficient (Wildman–Crippen LogP) is 9.50. The molecule has 0 aliphatic carbocycles. The maximum Gasteiger partial charge on any atom is 0.268 e. The molecule has 3 atom stereocenters. The van der Waals surface area contributed by atoms with Crippen molar-refractivity contribution in [2.24, 2.45) is 0 Å².